The number of hydrogen-bond donors (Lipinski definition) is 1. The summed E-state index contributed by atoms with van der Waals surface area (Å²) in [5.41, 5.74) is 0. The first-order valence-corrected chi connectivity index (χ1v) is 3.99. The van der Waals surface area contributed by atoms with Gasteiger partial charge >= 0.3 is 0 Å². The summed E-state index contributed by atoms with van der Waals surface area (Å²) in [6.45, 7) is 6.07. The second kappa shape index (κ2) is 5.27. The molecule has 0 amide bonds. The summed E-state index contributed by atoms with van der Waals surface area (Å²) < 4.78 is 1.27. The first kappa shape index (κ1) is 9.47. The molecule has 2 heteroatoms. The third-order valence-corrected chi connectivity index (χ3v) is 1.40. The van der Waals surface area contributed by atoms with E-state index in [-0.39, 0.29) is 6.04 Å². The monoisotopic (exact) mass is 144 g/mol. The summed E-state index contributed by atoms with van der Waals surface area (Å²) in [6, 6.07) is 0.205. The Morgan fingerprint density at radius 2 is 2.10 bits per heavy atom. The van der Waals surface area contributed by atoms with Crippen LogP contribution < -0.4 is 0 Å². The average Bonchev–Trinajstić information content (AvgIpc) is 1.88. The summed E-state index contributed by atoms with van der Waals surface area (Å²) in [6.07, 6.45) is 5.16. The Labute approximate surface area is 63.1 Å². The Bertz CT molecular complexity index is 108. The summed E-state index contributed by atoms with van der Waals surface area (Å²) in [4.78, 5) is 0. The molecule has 1 N–H and O–H groups in total. The van der Waals surface area contributed by atoms with E-state index in [0.717, 1.165) is 12.8 Å². The Morgan fingerprint density at radius 3 is 2.50 bits per heavy atom. The van der Waals surface area contributed by atoms with Crippen LogP contribution in [0, 0.1) is 0 Å². The molecule has 0 atom stereocenters. The van der Waals surface area contributed by atoms with Crippen LogP contribution in [0.15, 0.2) is 0 Å². The van der Waals surface area contributed by atoms with Gasteiger partial charge in [-0.2, -0.15) is 0 Å². The average molecular weight is 144 g/mol. The van der Waals surface area contributed by atoms with Crippen LogP contribution in [0.5, 0.6) is 0 Å². The van der Waals surface area contributed by atoms with Gasteiger partial charge in [-0.05, 0) is 11.2 Å². The highest BCUT2D eigenvalue weighted by Crippen LogP contribution is 1.91. The smallest absolute Gasteiger partial charge is 0.196 e. The van der Waals surface area contributed by atoms with Gasteiger partial charge in [0, 0.05) is 20.3 Å². The van der Waals surface area contributed by atoms with E-state index in [4.69, 9.17) is 5.21 Å². The molecule has 0 aromatic rings. The summed E-state index contributed by atoms with van der Waals surface area (Å²) in [7, 11) is 0. The Kier molecular flexibility index (Phi) is 4.99. The molecule has 0 rings (SSSR count). The quantitative estimate of drug-likeness (QED) is 0.211. The van der Waals surface area contributed by atoms with E-state index in [1.165, 1.54) is 11.2 Å². The van der Waals surface area contributed by atoms with Gasteiger partial charge < -0.3 is 0 Å². The van der Waals surface area contributed by atoms with Crippen LogP contribution >= 0.6 is 0 Å². The van der Waals surface area contributed by atoms with Gasteiger partial charge in [-0.15, -0.1) is 0 Å². The fraction of sp³-hybridized carbons (Fsp3) is 0.875. The molecule has 0 radical (unpaired) electrons. The summed E-state index contributed by atoms with van der Waals surface area (Å²) >= 11 is 0. The highest BCUT2D eigenvalue weighted by Gasteiger charge is 2.04. The molecule has 0 saturated carbocycles. The molecule has 0 aromatic carbocycles. The van der Waals surface area contributed by atoms with Gasteiger partial charge in [-0.1, -0.05) is 13.3 Å². The minimum Gasteiger partial charge on any atom is -0.291 e. The van der Waals surface area contributed by atoms with Crippen molar-refractivity contribution in [1.82, 2.24) is 0 Å². The number of hydrogen-bond acceptors (Lipinski definition) is 1. The van der Waals surface area contributed by atoms with Crippen LogP contribution in [0.1, 0.15) is 40.0 Å². The molecule has 0 unspecified atom stereocenters. The van der Waals surface area contributed by atoms with E-state index in [1.807, 2.05) is 20.1 Å². The van der Waals surface area contributed by atoms with Crippen LogP contribution in [0.25, 0.3) is 0 Å². The van der Waals surface area contributed by atoms with Crippen molar-refractivity contribution in [2.45, 2.75) is 46.1 Å². The lowest BCUT2D eigenvalue weighted by Gasteiger charge is -1.94. The zero-order valence-corrected chi connectivity index (χ0v) is 7.17. The van der Waals surface area contributed by atoms with Crippen LogP contribution in [0.2, 0.25) is 0 Å². The van der Waals surface area contributed by atoms with E-state index in [0.29, 0.717) is 0 Å². The molecule has 10 heavy (non-hydrogen) atoms. The van der Waals surface area contributed by atoms with Crippen molar-refractivity contribution in [1.29, 1.82) is 0 Å². The molecule has 0 aliphatic carbocycles. The first-order valence-electron chi connectivity index (χ1n) is 3.99. The van der Waals surface area contributed by atoms with E-state index in [1.54, 1.807) is 0 Å². The minimum absolute atomic E-state index is 0.205. The highest BCUT2D eigenvalue weighted by atomic mass is 16.5. The third kappa shape index (κ3) is 4.36. The van der Waals surface area contributed by atoms with E-state index < -0.39 is 0 Å². The van der Waals surface area contributed by atoms with Crippen molar-refractivity contribution >= 4 is 6.21 Å². The largest absolute Gasteiger partial charge is 0.291 e. The highest BCUT2D eigenvalue weighted by molar-refractivity contribution is 5.50. The maximum absolute atomic E-state index is 9.13. The molecule has 0 spiro atoms. The van der Waals surface area contributed by atoms with Gasteiger partial charge in [0.1, 0.15) is 0 Å². The van der Waals surface area contributed by atoms with Crippen molar-refractivity contribution < 1.29 is 9.95 Å². The zero-order chi connectivity index (χ0) is 7.98. The van der Waals surface area contributed by atoms with Crippen LogP contribution in [-0.2, 0) is 0 Å². The lowest BCUT2D eigenvalue weighted by atomic mass is 10.3. The van der Waals surface area contributed by atoms with E-state index >= 15 is 0 Å². The van der Waals surface area contributed by atoms with Gasteiger partial charge in [0.15, 0.2) is 12.3 Å². The normalized spacial score (nSPS) is 12.6. The predicted octanol–water partition coefficient (Wildman–Crippen LogP) is 2.06. The molecule has 0 saturated heterocycles. The predicted molar refractivity (Wildman–Crippen MR) is 42.8 cm³/mol. The number of unbranched alkanes of at least 4 members (excludes halogenated alkanes) is 2. The molecule has 0 heterocycles. The van der Waals surface area contributed by atoms with Crippen molar-refractivity contribution in [3.63, 3.8) is 0 Å². The maximum atomic E-state index is 9.13. The van der Waals surface area contributed by atoms with Gasteiger partial charge in [-0.3, -0.25) is 5.21 Å². The minimum atomic E-state index is 0.205. The van der Waals surface area contributed by atoms with Crippen molar-refractivity contribution in [3.05, 3.63) is 0 Å². The second-order valence-electron chi connectivity index (χ2n) is 2.80. The number of rotatable bonds is 4. The fourth-order valence-electron chi connectivity index (χ4n) is 0.639. The Morgan fingerprint density at radius 1 is 1.50 bits per heavy atom. The van der Waals surface area contributed by atoms with Gasteiger partial charge in [0.2, 0.25) is 0 Å². The fourth-order valence-corrected chi connectivity index (χ4v) is 0.639. The molecule has 0 aromatic heterocycles. The lowest BCUT2D eigenvalue weighted by molar-refractivity contribution is -0.792. The molecule has 0 fully saturated rings. The topological polar surface area (TPSA) is 23.2 Å². The number of nitrogens with zero attached hydrogens (tertiary/aromatic N) is 1. The van der Waals surface area contributed by atoms with Crippen molar-refractivity contribution in [2.75, 3.05) is 0 Å². The molecular formula is C8H18NO+. The Hall–Kier alpha value is -0.530. The van der Waals surface area contributed by atoms with Crippen LogP contribution in [0.3, 0.4) is 0 Å². The number of hydroxylamine groups is 1. The van der Waals surface area contributed by atoms with Gasteiger partial charge in [0.25, 0.3) is 0 Å². The standard InChI is InChI=1S/C8H18NO/c1-4-5-6-7-9(10)8(2)3/h7-8,10H,4-6H2,1-3H3/q+1/b9-7-. The summed E-state index contributed by atoms with van der Waals surface area (Å²) in [5.74, 6) is 0. The van der Waals surface area contributed by atoms with Crippen LogP contribution in [-0.4, -0.2) is 22.2 Å². The van der Waals surface area contributed by atoms with Gasteiger partial charge in [0.05, 0.1) is 0 Å². The molecule has 0 bridgehead atoms. The van der Waals surface area contributed by atoms with Gasteiger partial charge in [-0.25, -0.2) is 0 Å². The Balaban J connectivity index is 3.48. The second-order valence-corrected chi connectivity index (χ2v) is 2.80. The van der Waals surface area contributed by atoms with Crippen molar-refractivity contribution in [3.8, 4) is 0 Å². The molecule has 2 nitrogen and oxygen atoms in total. The zero-order valence-electron chi connectivity index (χ0n) is 7.17. The molecule has 60 valence electrons. The SMILES string of the molecule is CCCC/C=[N+](\O)C(C)C. The molecular weight excluding hydrogens is 126 g/mol. The van der Waals surface area contributed by atoms with E-state index in [9.17, 15) is 0 Å². The van der Waals surface area contributed by atoms with Crippen LogP contribution in [0.4, 0.5) is 0 Å². The molecule has 0 aliphatic rings. The third-order valence-electron chi connectivity index (χ3n) is 1.40. The molecule has 0 aliphatic heterocycles. The van der Waals surface area contributed by atoms with E-state index in [2.05, 4.69) is 6.92 Å². The van der Waals surface area contributed by atoms with Crippen molar-refractivity contribution in [2.24, 2.45) is 0 Å². The maximum Gasteiger partial charge on any atom is 0.196 e. The lowest BCUT2D eigenvalue weighted by Crippen LogP contribution is -2.16. The first-order chi connectivity index (χ1) is 4.68. The summed E-state index contributed by atoms with van der Waals surface area (Å²) in [5, 5.41) is 9.13.